The fraction of sp³-hybridized carbons (Fsp3) is 0.769. The van der Waals surface area contributed by atoms with Gasteiger partial charge in [-0.25, -0.2) is 4.79 Å². The summed E-state index contributed by atoms with van der Waals surface area (Å²) in [6, 6.07) is 0. The SMILES string of the molecule is C=C(C(=O)OCC(C)O)C(CC1CO1)CC1CO1. The Labute approximate surface area is 107 Å². The van der Waals surface area contributed by atoms with Crippen LogP contribution in [0.15, 0.2) is 12.2 Å². The molecule has 0 spiro atoms. The predicted molar refractivity (Wildman–Crippen MR) is 64.0 cm³/mol. The topological polar surface area (TPSA) is 71.6 Å². The molecular weight excluding hydrogens is 236 g/mol. The maximum atomic E-state index is 11.8. The molecule has 0 bridgehead atoms. The van der Waals surface area contributed by atoms with Gasteiger partial charge in [-0.1, -0.05) is 6.58 Å². The van der Waals surface area contributed by atoms with Crippen LogP contribution < -0.4 is 0 Å². The van der Waals surface area contributed by atoms with E-state index in [4.69, 9.17) is 19.3 Å². The molecule has 2 heterocycles. The number of aliphatic hydroxyl groups is 1. The van der Waals surface area contributed by atoms with Gasteiger partial charge in [0.2, 0.25) is 0 Å². The monoisotopic (exact) mass is 256 g/mol. The van der Waals surface area contributed by atoms with Crippen LogP contribution in [0, 0.1) is 5.92 Å². The molecule has 2 fully saturated rings. The zero-order valence-electron chi connectivity index (χ0n) is 10.6. The van der Waals surface area contributed by atoms with E-state index in [2.05, 4.69) is 6.58 Å². The molecular formula is C13H20O5. The van der Waals surface area contributed by atoms with Crippen LogP contribution in [0.4, 0.5) is 0 Å². The van der Waals surface area contributed by atoms with Crippen molar-refractivity contribution in [3.05, 3.63) is 12.2 Å². The summed E-state index contributed by atoms with van der Waals surface area (Å²) in [5.41, 5.74) is 0.460. The summed E-state index contributed by atoms with van der Waals surface area (Å²) < 4.78 is 15.4. The van der Waals surface area contributed by atoms with Crippen molar-refractivity contribution >= 4 is 5.97 Å². The number of rotatable bonds is 8. The van der Waals surface area contributed by atoms with Crippen LogP contribution in [-0.4, -0.2) is 49.2 Å². The number of hydrogen-bond acceptors (Lipinski definition) is 5. The molecule has 0 aromatic heterocycles. The summed E-state index contributed by atoms with van der Waals surface area (Å²) in [4.78, 5) is 11.8. The van der Waals surface area contributed by atoms with Crippen LogP contribution in [0.3, 0.4) is 0 Å². The largest absolute Gasteiger partial charge is 0.460 e. The third-order valence-electron chi connectivity index (χ3n) is 3.11. The number of esters is 1. The molecule has 0 aromatic rings. The van der Waals surface area contributed by atoms with Crippen molar-refractivity contribution in [2.75, 3.05) is 19.8 Å². The Kier molecular flexibility index (Phi) is 4.37. The van der Waals surface area contributed by atoms with E-state index in [1.54, 1.807) is 6.92 Å². The summed E-state index contributed by atoms with van der Waals surface area (Å²) in [6.07, 6.45) is 1.43. The molecule has 2 rings (SSSR count). The first-order valence-electron chi connectivity index (χ1n) is 6.33. The summed E-state index contributed by atoms with van der Waals surface area (Å²) in [5.74, 6) is -0.381. The second-order valence-corrected chi connectivity index (χ2v) is 5.05. The maximum absolute atomic E-state index is 11.8. The molecule has 5 heteroatoms. The minimum Gasteiger partial charge on any atom is -0.460 e. The van der Waals surface area contributed by atoms with E-state index in [9.17, 15) is 4.79 Å². The van der Waals surface area contributed by atoms with Gasteiger partial charge in [-0.15, -0.1) is 0 Å². The van der Waals surface area contributed by atoms with Crippen LogP contribution in [0.1, 0.15) is 19.8 Å². The first-order valence-corrected chi connectivity index (χ1v) is 6.33. The minimum absolute atomic E-state index is 0.00440. The van der Waals surface area contributed by atoms with Crippen molar-refractivity contribution < 1.29 is 24.1 Å². The number of ether oxygens (including phenoxy) is 3. The number of aliphatic hydroxyl groups excluding tert-OH is 1. The molecule has 5 nitrogen and oxygen atoms in total. The van der Waals surface area contributed by atoms with Crippen molar-refractivity contribution in [1.82, 2.24) is 0 Å². The Balaban J connectivity index is 1.82. The van der Waals surface area contributed by atoms with Gasteiger partial charge < -0.3 is 19.3 Å². The first-order chi connectivity index (χ1) is 8.56. The molecule has 1 N–H and O–H groups in total. The van der Waals surface area contributed by atoms with E-state index in [-0.39, 0.29) is 24.7 Å². The normalized spacial score (nSPS) is 28.3. The van der Waals surface area contributed by atoms with Gasteiger partial charge in [0.05, 0.1) is 31.5 Å². The van der Waals surface area contributed by atoms with Gasteiger partial charge in [-0.3, -0.25) is 0 Å². The van der Waals surface area contributed by atoms with Gasteiger partial charge in [-0.2, -0.15) is 0 Å². The second kappa shape index (κ2) is 5.82. The average Bonchev–Trinajstić information content (AvgIpc) is 3.18. The van der Waals surface area contributed by atoms with Gasteiger partial charge in [0.25, 0.3) is 0 Å². The maximum Gasteiger partial charge on any atom is 0.333 e. The zero-order chi connectivity index (χ0) is 13.1. The molecule has 102 valence electrons. The van der Waals surface area contributed by atoms with Gasteiger partial charge >= 0.3 is 5.97 Å². The molecule has 18 heavy (non-hydrogen) atoms. The van der Waals surface area contributed by atoms with Crippen molar-refractivity contribution in [2.45, 2.75) is 38.1 Å². The molecule has 3 atom stereocenters. The number of carbonyl (C=O) groups is 1. The Morgan fingerprint density at radius 3 is 2.28 bits per heavy atom. The highest BCUT2D eigenvalue weighted by Crippen LogP contribution is 2.31. The van der Waals surface area contributed by atoms with Crippen molar-refractivity contribution in [1.29, 1.82) is 0 Å². The quantitative estimate of drug-likeness (QED) is 0.392. The second-order valence-electron chi connectivity index (χ2n) is 5.05. The van der Waals surface area contributed by atoms with Crippen LogP contribution in [-0.2, 0) is 19.0 Å². The van der Waals surface area contributed by atoms with Crippen LogP contribution >= 0.6 is 0 Å². The van der Waals surface area contributed by atoms with Crippen LogP contribution in [0.25, 0.3) is 0 Å². The van der Waals surface area contributed by atoms with E-state index in [1.165, 1.54) is 0 Å². The van der Waals surface area contributed by atoms with E-state index >= 15 is 0 Å². The lowest BCUT2D eigenvalue weighted by Crippen LogP contribution is -2.21. The lowest BCUT2D eigenvalue weighted by atomic mass is 9.90. The fourth-order valence-electron chi connectivity index (χ4n) is 1.88. The summed E-state index contributed by atoms with van der Waals surface area (Å²) in [6.45, 7) is 6.93. The highest BCUT2D eigenvalue weighted by molar-refractivity contribution is 5.88. The molecule has 2 aliphatic heterocycles. The number of carbonyl (C=O) groups excluding carboxylic acids is 1. The van der Waals surface area contributed by atoms with E-state index in [0.29, 0.717) is 5.57 Å². The predicted octanol–water partition coefficient (Wildman–Crippen LogP) is 0.661. The molecule has 3 unspecified atom stereocenters. The molecule has 0 aromatic carbocycles. The van der Waals surface area contributed by atoms with Gasteiger partial charge in [0.15, 0.2) is 0 Å². The van der Waals surface area contributed by atoms with Crippen LogP contribution in [0.5, 0.6) is 0 Å². The average molecular weight is 256 g/mol. The molecule has 2 aliphatic rings. The number of epoxide rings is 2. The van der Waals surface area contributed by atoms with Crippen LogP contribution in [0.2, 0.25) is 0 Å². The summed E-state index contributed by atoms with van der Waals surface area (Å²) in [5, 5.41) is 9.09. The van der Waals surface area contributed by atoms with Gasteiger partial charge in [0.1, 0.15) is 6.61 Å². The highest BCUT2D eigenvalue weighted by Gasteiger charge is 2.35. The van der Waals surface area contributed by atoms with E-state index < -0.39 is 12.1 Å². The standard InChI is InChI=1S/C13H20O5/c1-8(14)5-18-13(15)9(2)10(3-11-6-16-11)4-12-7-17-12/h8,10-12,14H,2-7H2,1H3. The van der Waals surface area contributed by atoms with Crippen molar-refractivity contribution in [3.63, 3.8) is 0 Å². The van der Waals surface area contributed by atoms with Crippen molar-refractivity contribution in [3.8, 4) is 0 Å². The third-order valence-corrected chi connectivity index (χ3v) is 3.11. The molecule has 0 aliphatic carbocycles. The summed E-state index contributed by atoms with van der Waals surface area (Å²) in [7, 11) is 0. The molecule has 2 saturated heterocycles. The van der Waals surface area contributed by atoms with Crippen molar-refractivity contribution in [2.24, 2.45) is 5.92 Å². The summed E-state index contributed by atoms with van der Waals surface area (Å²) >= 11 is 0. The third kappa shape index (κ3) is 4.40. The van der Waals surface area contributed by atoms with E-state index in [1.807, 2.05) is 0 Å². The minimum atomic E-state index is -0.654. The Bertz CT molecular complexity index is 303. The van der Waals surface area contributed by atoms with Gasteiger partial charge in [-0.05, 0) is 25.7 Å². The Morgan fingerprint density at radius 1 is 1.39 bits per heavy atom. The molecule has 0 amide bonds. The highest BCUT2D eigenvalue weighted by atomic mass is 16.6. The fourth-order valence-corrected chi connectivity index (χ4v) is 1.88. The Hall–Kier alpha value is -0.910. The lowest BCUT2D eigenvalue weighted by Gasteiger charge is -2.17. The smallest absolute Gasteiger partial charge is 0.333 e. The van der Waals surface area contributed by atoms with Gasteiger partial charge in [0, 0.05) is 5.57 Å². The lowest BCUT2D eigenvalue weighted by molar-refractivity contribution is -0.142. The molecule has 0 radical (unpaired) electrons. The molecule has 0 saturated carbocycles. The zero-order valence-corrected chi connectivity index (χ0v) is 10.6. The Morgan fingerprint density at radius 2 is 1.89 bits per heavy atom. The number of hydrogen-bond donors (Lipinski definition) is 1. The van der Waals surface area contributed by atoms with E-state index in [0.717, 1.165) is 26.1 Å². The first kappa shape index (κ1) is 13.5.